The predicted molar refractivity (Wildman–Crippen MR) is 181 cm³/mol. The molecule has 2 aromatic rings. The Balaban J connectivity index is 1.07. The average molecular weight is 728 g/mol. The highest BCUT2D eigenvalue weighted by atomic mass is 35.5. The van der Waals surface area contributed by atoms with E-state index in [1.54, 1.807) is 0 Å². The minimum absolute atomic E-state index is 0.0837. The maximum Gasteiger partial charge on any atom is 0.236 e. The number of Topliss-reactive ketones (excluding diaryl/α,β-unsaturated/α-hetero) is 2. The minimum atomic E-state index is -1.75. The molecule has 0 saturated carbocycles. The molecule has 264 valence electrons. The van der Waals surface area contributed by atoms with Gasteiger partial charge in [-0.3, -0.25) is 19.2 Å². The Morgan fingerprint density at radius 2 is 0.960 bits per heavy atom. The van der Waals surface area contributed by atoms with Crippen LogP contribution in [-0.2, 0) is 9.59 Å². The van der Waals surface area contributed by atoms with E-state index in [2.05, 4.69) is 9.80 Å². The fourth-order valence-electron chi connectivity index (χ4n) is 7.93. The summed E-state index contributed by atoms with van der Waals surface area (Å²) in [6.45, 7) is 5.93. The van der Waals surface area contributed by atoms with E-state index >= 15 is 0 Å². The number of rotatable bonds is 6. The van der Waals surface area contributed by atoms with E-state index < -0.39 is 46.2 Å². The summed E-state index contributed by atoms with van der Waals surface area (Å²) in [7, 11) is 5.74. The number of hydrogen-bond donors (Lipinski definition) is 0. The van der Waals surface area contributed by atoms with Crippen LogP contribution >= 0.6 is 23.2 Å². The molecular formula is C36H36Cl2N2O10. The molecule has 1 saturated heterocycles. The van der Waals surface area contributed by atoms with Gasteiger partial charge in [0, 0.05) is 73.7 Å². The number of allylic oxidation sites excluding steroid dienone is 2. The van der Waals surface area contributed by atoms with Crippen molar-refractivity contribution in [2.24, 2.45) is 11.8 Å². The third kappa shape index (κ3) is 4.56. The summed E-state index contributed by atoms with van der Waals surface area (Å²) in [5.41, 5.74) is -1.64. The fourth-order valence-corrected chi connectivity index (χ4v) is 8.46. The minimum Gasteiger partial charge on any atom is -0.496 e. The number of benzene rings is 2. The number of ether oxygens (including phenoxy) is 6. The molecule has 14 heteroatoms. The van der Waals surface area contributed by atoms with E-state index in [4.69, 9.17) is 51.6 Å². The maximum absolute atomic E-state index is 13.9. The van der Waals surface area contributed by atoms with E-state index in [-0.39, 0.29) is 55.7 Å². The summed E-state index contributed by atoms with van der Waals surface area (Å²) in [5.74, 6) is -1.73. The number of fused-ring (bicyclic) bond motifs is 2. The van der Waals surface area contributed by atoms with Crippen LogP contribution in [0.15, 0.2) is 35.7 Å². The largest absolute Gasteiger partial charge is 0.496 e. The molecule has 1 fully saturated rings. The van der Waals surface area contributed by atoms with Crippen molar-refractivity contribution in [1.29, 1.82) is 0 Å². The van der Waals surface area contributed by atoms with Crippen LogP contribution in [-0.4, -0.2) is 98.8 Å². The zero-order chi connectivity index (χ0) is 35.9. The monoisotopic (exact) mass is 726 g/mol. The van der Waals surface area contributed by atoms with E-state index in [0.29, 0.717) is 39.0 Å². The Hall–Kier alpha value is -4.42. The van der Waals surface area contributed by atoms with E-state index in [0.717, 1.165) is 11.4 Å². The SMILES string of the molecule is COc1cc(OC)c2c(c1Cl)OC1(C(=O)C=C(N3CCN(C4=CC(=O)C5(Oc6c(Cl)c(OC)cc(OC)c6C5=O)C(C)C4)CC3)CC1C)C2=O. The first-order chi connectivity index (χ1) is 23.9. The third-order valence-electron chi connectivity index (χ3n) is 10.7. The number of ketones is 4. The van der Waals surface area contributed by atoms with Crippen LogP contribution in [0.4, 0.5) is 0 Å². The number of nitrogens with zero attached hydrogens (tertiary/aromatic N) is 2. The van der Waals surface area contributed by atoms with Crippen LogP contribution in [0.25, 0.3) is 0 Å². The molecule has 0 amide bonds. The number of halogens is 2. The molecule has 12 nitrogen and oxygen atoms in total. The first-order valence-corrected chi connectivity index (χ1v) is 17.0. The number of carbonyl (C=O) groups is 4. The summed E-state index contributed by atoms with van der Waals surface area (Å²) >= 11 is 13.0. The van der Waals surface area contributed by atoms with Gasteiger partial charge < -0.3 is 38.2 Å². The second kappa shape index (κ2) is 12.1. The molecule has 2 spiro atoms. The number of methoxy groups -OCH3 is 4. The lowest BCUT2D eigenvalue weighted by atomic mass is 9.73. The van der Waals surface area contributed by atoms with Crippen LogP contribution < -0.4 is 28.4 Å². The van der Waals surface area contributed by atoms with Crippen molar-refractivity contribution in [3.05, 3.63) is 56.9 Å². The highest BCUT2D eigenvalue weighted by Gasteiger charge is 2.62. The van der Waals surface area contributed by atoms with Crippen LogP contribution in [0.2, 0.25) is 10.0 Å². The molecule has 0 aromatic heterocycles. The second-order valence-electron chi connectivity index (χ2n) is 13.1. The first-order valence-electron chi connectivity index (χ1n) is 16.2. The van der Waals surface area contributed by atoms with Crippen molar-refractivity contribution in [3.8, 4) is 34.5 Å². The van der Waals surface area contributed by atoms with Gasteiger partial charge in [0.1, 0.15) is 44.2 Å². The topological polar surface area (TPSA) is 130 Å². The third-order valence-corrected chi connectivity index (χ3v) is 11.4. The molecule has 0 bridgehead atoms. The molecular weight excluding hydrogens is 691 g/mol. The molecule has 50 heavy (non-hydrogen) atoms. The molecule has 0 N–H and O–H groups in total. The summed E-state index contributed by atoms with van der Waals surface area (Å²) in [6, 6.07) is 3.02. The molecule has 2 aromatic carbocycles. The quantitative estimate of drug-likeness (QED) is 0.373. The fraction of sp³-hybridized carbons (Fsp3) is 0.444. The van der Waals surface area contributed by atoms with E-state index in [1.165, 1.54) is 52.7 Å². The normalized spacial score (nSPS) is 27.1. The summed E-state index contributed by atoms with van der Waals surface area (Å²) < 4.78 is 33.9. The zero-order valence-electron chi connectivity index (χ0n) is 28.4. The lowest BCUT2D eigenvalue weighted by Gasteiger charge is -2.44. The Kier molecular flexibility index (Phi) is 8.25. The van der Waals surface area contributed by atoms with Crippen LogP contribution in [0.3, 0.4) is 0 Å². The van der Waals surface area contributed by atoms with Crippen molar-refractivity contribution < 1.29 is 47.6 Å². The Labute approximate surface area is 298 Å². The first kappa shape index (κ1) is 34.0. The van der Waals surface area contributed by atoms with Gasteiger partial charge in [-0.2, -0.15) is 0 Å². The Morgan fingerprint density at radius 1 is 0.620 bits per heavy atom. The van der Waals surface area contributed by atoms with Gasteiger partial charge in [0.2, 0.25) is 34.3 Å². The summed E-state index contributed by atoms with van der Waals surface area (Å²) in [5, 5.41) is 0.208. The Morgan fingerprint density at radius 3 is 1.26 bits per heavy atom. The molecule has 3 heterocycles. The zero-order valence-corrected chi connectivity index (χ0v) is 30.0. The summed E-state index contributed by atoms with van der Waals surface area (Å²) in [4.78, 5) is 59.7. The maximum atomic E-state index is 13.9. The van der Waals surface area contributed by atoms with Crippen LogP contribution in [0, 0.1) is 11.8 Å². The predicted octanol–water partition coefficient (Wildman–Crippen LogP) is 4.96. The molecule has 7 rings (SSSR count). The molecule has 3 aliphatic heterocycles. The van der Waals surface area contributed by atoms with Gasteiger partial charge in [0.15, 0.2) is 11.5 Å². The van der Waals surface area contributed by atoms with Gasteiger partial charge in [0.05, 0.1) is 28.4 Å². The van der Waals surface area contributed by atoms with Crippen LogP contribution in [0.1, 0.15) is 47.4 Å². The summed E-state index contributed by atoms with van der Waals surface area (Å²) in [6.07, 6.45) is 3.84. The number of carbonyl (C=O) groups excluding carboxylic acids is 4. The standard InChI is InChI=1S/C36H36Cl2N2O10/c1-17-11-19(13-25(41)35(17)33(43)27-21(45-3)15-23(47-5)29(37)31(27)49-35)39-7-9-40(10-8-39)20-12-18(2)36(26(42)14-20)34(44)28-22(46-4)16-24(48-6)30(38)32(28)50-36/h13-18H,7-12H2,1-6H3. The van der Waals surface area contributed by atoms with Gasteiger partial charge in [0.25, 0.3) is 0 Å². The van der Waals surface area contributed by atoms with E-state index in [1.807, 2.05) is 13.8 Å². The van der Waals surface area contributed by atoms with Crippen molar-refractivity contribution >= 4 is 46.3 Å². The smallest absolute Gasteiger partial charge is 0.236 e. The van der Waals surface area contributed by atoms with Crippen molar-refractivity contribution in [2.75, 3.05) is 54.6 Å². The Bertz CT molecular complexity index is 1800. The van der Waals surface area contributed by atoms with Crippen molar-refractivity contribution in [2.45, 2.75) is 37.9 Å². The van der Waals surface area contributed by atoms with Crippen molar-refractivity contribution in [3.63, 3.8) is 0 Å². The molecule has 4 unspecified atom stereocenters. The second-order valence-corrected chi connectivity index (χ2v) is 13.9. The number of piperazine rings is 1. The van der Waals surface area contributed by atoms with Gasteiger partial charge in [-0.05, 0) is 12.8 Å². The van der Waals surface area contributed by atoms with E-state index in [9.17, 15) is 19.2 Å². The number of hydrogen-bond acceptors (Lipinski definition) is 12. The highest BCUT2D eigenvalue weighted by molar-refractivity contribution is 6.37. The van der Waals surface area contributed by atoms with Gasteiger partial charge in [-0.25, -0.2) is 0 Å². The van der Waals surface area contributed by atoms with Gasteiger partial charge in [-0.1, -0.05) is 37.0 Å². The van der Waals surface area contributed by atoms with Gasteiger partial charge in [-0.15, -0.1) is 0 Å². The van der Waals surface area contributed by atoms with Gasteiger partial charge >= 0.3 is 0 Å². The van der Waals surface area contributed by atoms with Crippen LogP contribution in [0.5, 0.6) is 34.5 Å². The molecule has 0 radical (unpaired) electrons. The van der Waals surface area contributed by atoms with Crippen molar-refractivity contribution in [1.82, 2.24) is 9.80 Å². The molecule has 5 aliphatic rings. The highest BCUT2D eigenvalue weighted by Crippen LogP contribution is 2.55. The lowest BCUT2D eigenvalue weighted by molar-refractivity contribution is -0.130. The average Bonchev–Trinajstić information content (AvgIpc) is 3.60. The lowest BCUT2D eigenvalue weighted by Crippen LogP contribution is -2.57. The molecule has 4 atom stereocenters. The molecule has 2 aliphatic carbocycles.